The number of allylic oxidation sites excluding steroid dienone is 4. The van der Waals surface area contributed by atoms with Crippen molar-refractivity contribution < 1.29 is 33.3 Å². The summed E-state index contributed by atoms with van der Waals surface area (Å²) in [5, 5.41) is 0. The molecule has 7 heteroatoms. The lowest BCUT2D eigenvalue weighted by Crippen LogP contribution is -2.34. The smallest absolute Gasteiger partial charge is 0.337 e. The fourth-order valence-corrected chi connectivity index (χ4v) is 3.28. The van der Waals surface area contributed by atoms with Crippen molar-refractivity contribution in [3.8, 4) is 0 Å². The minimum atomic E-state index is -1.11. The Morgan fingerprint density at radius 2 is 1.83 bits per heavy atom. The second-order valence-electron chi connectivity index (χ2n) is 8.04. The normalized spacial score (nSPS) is 25.7. The molecule has 29 heavy (non-hydrogen) atoms. The van der Waals surface area contributed by atoms with Crippen molar-refractivity contribution >= 4 is 17.5 Å². The number of rotatable bonds is 9. The van der Waals surface area contributed by atoms with Crippen LogP contribution in [-0.2, 0) is 33.3 Å². The van der Waals surface area contributed by atoms with Crippen LogP contribution < -0.4 is 0 Å². The number of cyclic esters (lactones) is 1. The molecule has 1 saturated heterocycles. The average molecular weight is 406 g/mol. The predicted molar refractivity (Wildman–Crippen MR) is 106 cm³/mol. The molecule has 0 unspecified atom stereocenters. The van der Waals surface area contributed by atoms with E-state index in [0.717, 1.165) is 6.08 Å². The van der Waals surface area contributed by atoms with E-state index in [1.807, 2.05) is 32.9 Å². The van der Waals surface area contributed by atoms with Gasteiger partial charge in [-0.3, -0.25) is 9.59 Å². The number of esters is 1. The summed E-state index contributed by atoms with van der Waals surface area (Å²) in [4.78, 5) is 35.6. The minimum Gasteiger partial charge on any atom is -0.456 e. The van der Waals surface area contributed by atoms with Gasteiger partial charge in [-0.15, -0.1) is 0 Å². The summed E-state index contributed by atoms with van der Waals surface area (Å²) in [6, 6.07) is 0. The molecule has 0 radical (unpaired) electrons. The average Bonchev–Trinajstić information content (AvgIpc) is 2.83. The first-order valence-corrected chi connectivity index (χ1v) is 9.82. The van der Waals surface area contributed by atoms with Crippen molar-refractivity contribution in [3.05, 3.63) is 36.1 Å². The predicted octanol–water partition coefficient (Wildman–Crippen LogP) is 3.53. The number of Topliss-reactive ketones (excluding diaryl/α,β-unsaturated/α-hetero) is 1. The molecule has 0 aromatic rings. The summed E-state index contributed by atoms with van der Waals surface area (Å²) < 4.78 is 22.1. The molecular formula is C22H30O7. The SMILES string of the molecule is C/C=C\[C@H]1OC(C)(C)O[C@H]1CC/C=C/C(=O)CC(=O)CC1=CC(=O)OC(C)(C)O1. The molecule has 0 amide bonds. The van der Waals surface area contributed by atoms with Crippen LogP contribution in [0.2, 0.25) is 0 Å². The van der Waals surface area contributed by atoms with Crippen LogP contribution in [0, 0.1) is 0 Å². The lowest BCUT2D eigenvalue weighted by Gasteiger charge is -2.30. The quantitative estimate of drug-likeness (QED) is 0.250. The first-order valence-electron chi connectivity index (χ1n) is 9.82. The maximum atomic E-state index is 12.1. The van der Waals surface area contributed by atoms with Crippen LogP contribution in [0.25, 0.3) is 0 Å². The Hall–Kier alpha value is -2.25. The van der Waals surface area contributed by atoms with E-state index in [1.165, 1.54) is 6.08 Å². The monoisotopic (exact) mass is 406 g/mol. The van der Waals surface area contributed by atoms with Gasteiger partial charge in [0.05, 0.1) is 25.0 Å². The fraction of sp³-hybridized carbons (Fsp3) is 0.591. The van der Waals surface area contributed by atoms with Gasteiger partial charge in [0.1, 0.15) is 17.6 Å². The maximum Gasteiger partial charge on any atom is 0.337 e. The van der Waals surface area contributed by atoms with Crippen molar-refractivity contribution in [2.75, 3.05) is 0 Å². The van der Waals surface area contributed by atoms with Gasteiger partial charge >= 0.3 is 5.97 Å². The summed E-state index contributed by atoms with van der Waals surface area (Å²) in [7, 11) is 0. The molecule has 0 spiro atoms. The molecule has 0 aromatic carbocycles. The molecule has 2 aliphatic rings. The summed E-state index contributed by atoms with van der Waals surface area (Å²) in [5.74, 6) is -2.70. The fourth-order valence-electron chi connectivity index (χ4n) is 3.28. The Labute approximate surface area is 171 Å². The van der Waals surface area contributed by atoms with Gasteiger partial charge in [0.25, 0.3) is 0 Å². The Bertz CT molecular complexity index is 727. The Morgan fingerprint density at radius 1 is 1.10 bits per heavy atom. The number of ether oxygens (including phenoxy) is 4. The minimum absolute atomic E-state index is 0.0823. The highest BCUT2D eigenvalue weighted by Gasteiger charge is 2.39. The summed E-state index contributed by atoms with van der Waals surface area (Å²) >= 11 is 0. The summed E-state index contributed by atoms with van der Waals surface area (Å²) in [6.45, 7) is 8.84. The third kappa shape index (κ3) is 7.59. The van der Waals surface area contributed by atoms with Gasteiger partial charge in [-0.05, 0) is 39.7 Å². The molecule has 160 valence electrons. The second kappa shape index (κ2) is 9.50. The molecule has 0 aromatic heterocycles. The molecule has 2 atom stereocenters. The zero-order chi connectivity index (χ0) is 21.7. The van der Waals surface area contributed by atoms with Gasteiger partial charge in [0.2, 0.25) is 5.79 Å². The molecule has 7 nitrogen and oxygen atoms in total. The van der Waals surface area contributed by atoms with E-state index in [9.17, 15) is 14.4 Å². The molecule has 2 rings (SSSR count). The van der Waals surface area contributed by atoms with Crippen LogP contribution in [-0.4, -0.2) is 41.3 Å². The highest BCUT2D eigenvalue weighted by atomic mass is 16.8. The Morgan fingerprint density at radius 3 is 2.48 bits per heavy atom. The second-order valence-corrected chi connectivity index (χ2v) is 8.04. The van der Waals surface area contributed by atoms with Crippen LogP contribution in [0.4, 0.5) is 0 Å². The molecule has 2 heterocycles. The number of carbonyl (C=O) groups excluding carboxylic acids is 3. The number of carbonyl (C=O) groups is 3. The lowest BCUT2D eigenvalue weighted by molar-refractivity contribution is -0.205. The Balaban J connectivity index is 1.76. The third-order valence-corrected chi connectivity index (χ3v) is 4.27. The standard InChI is InChI=1S/C22H30O7/c1-6-9-18-19(28-22(4,5)27-18)11-8-7-10-15(23)12-16(24)13-17-14-20(25)29-21(2,3)26-17/h6-7,9-10,14,18-19H,8,11-13H2,1-5H3/b9-6-,10-7+/t18-,19+/m1/s1. The first kappa shape index (κ1) is 23.0. The van der Waals surface area contributed by atoms with Gasteiger partial charge in [0, 0.05) is 13.8 Å². The van der Waals surface area contributed by atoms with E-state index in [-0.39, 0.29) is 42.4 Å². The third-order valence-electron chi connectivity index (χ3n) is 4.27. The highest BCUT2D eigenvalue weighted by Crippen LogP contribution is 2.31. The molecule has 2 aliphatic heterocycles. The van der Waals surface area contributed by atoms with Gasteiger partial charge in [-0.1, -0.05) is 18.2 Å². The van der Waals surface area contributed by atoms with E-state index in [0.29, 0.717) is 12.8 Å². The van der Waals surface area contributed by atoms with E-state index in [1.54, 1.807) is 19.9 Å². The van der Waals surface area contributed by atoms with E-state index >= 15 is 0 Å². The number of ketones is 2. The van der Waals surface area contributed by atoms with Crippen molar-refractivity contribution in [3.63, 3.8) is 0 Å². The molecule has 0 saturated carbocycles. The molecule has 0 bridgehead atoms. The van der Waals surface area contributed by atoms with Crippen molar-refractivity contribution in [1.82, 2.24) is 0 Å². The summed E-state index contributed by atoms with van der Waals surface area (Å²) in [5.41, 5.74) is 0. The van der Waals surface area contributed by atoms with Crippen LogP contribution in [0.5, 0.6) is 0 Å². The maximum absolute atomic E-state index is 12.1. The lowest BCUT2D eigenvalue weighted by atomic mass is 10.1. The molecular weight excluding hydrogens is 376 g/mol. The molecule has 0 N–H and O–H groups in total. The number of hydrogen-bond donors (Lipinski definition) is 0. The van der Waals surface area contributed by atoms with Crippen LogP contribution in [0.3, 0.4) is 0 Å². The largest absolute Gasteiger partial charge is 0.456 e. The van der Waals surface area contributed by atoms with E-state index < -0.39 is 17.5 Å². The first-order chi connectivity index (χ1) is 13.5. The van der Waals surface area contributed by atoms with Crippen molar-refractivity contribution in [2.45, 2.75) is 84.1 Å². The van der Waals surface area contributed by atoms with Crippen LogP contribution >= 0.6 is 0 Å². The Kier molecular flexibility index (Phi) is 7.54. The zero-order valence-electron chi connectivity index (χ0n) is 17.7. The van der Waals surface area contributed by atoms with Gasteiger partial charge in [-0.25, -0.2) is 4.79 Å². The topological polar surface area (TPSA) is 88.1 Å². The van der Waals surface area contributed by atoms with E-state index in [4.69, 9.17) is 18.9 Å². The molecule has 0 aliphatic carbocycles. The van der Waals surface area contributed by atoms with Gasteiger partial charge in [-0.2, -0.15) is 0 Å². The van der Waals surface area contributed by atoms with Gasteiger partial charge in [0.15, 0.2) is 11.6 Å². The van der Waals surface area contributed by atoms with Gasteiger partial charge < -0.3 is 18.9 Å². The van der Waals surface area contributed by atoms with Crippen LogP contribution in [0.1, 0.15) is 60.3 Å². The number of hydrogen-bond acceptors (Lipinski definition) is 7. The molecule has 1 fully saturated rings. The van der Waals surface area contributed by atoms with E-state index in [2.05, 4.69) is 0 Å². The summed E-state index contributed by atoms with van der Waals surface area (Å²) in [6.07, 6.45) is 8.96. The highest BCUT2D eigenvalue weighted by molar-refractivity contribution is 6.05. The van der Waals surface area contributed by atoms with Crippen LogP contribution in [0.15, 0.2) is 36.1 Å². The van der Waals surface area contributed by atoms with Crippen molar-refractivity contribution in [1.29, 1.82) is 0 Å². The zero-order valence-corrected chi connectivity index (χ0v) is 17.7. The van der Waals surface area contributed by atoms with Crippen molar-refractivity contribution in [2.24, 2.45) is 0 Å².